The summed E-state index contributed by atoms with van der Waals surface area (Å²) in [6.45, 7) is 1.63. The molecule has 2 aromatic heterocycles. The lowest BCUT2D eigenvalue weighted by molar-refractivity contribution is 0.0508. The van der Waals surface area contributed by atoms with E-state index in [0.29, 0.717) is 0 Å². The number of hydrogen-bond donors (Lipinski definition) is 0. The minimum atomic E-state index is 0.125. The summed E-state index contributed by atoms with van der Waals surface area (Å²) in [5.74, 6) is 1.92. The molecular weight excluding hydrogens is 310 g/mol. The van der Waals surface area contributed by atoms with Crippen LogP contribution in [0.5, 0.6) is 5.75 Å². The van der Waals surface area contributed by atoms with Gasteiger partial charge in [0.05, 0.1) is 10.9 Å². The largest absolute Gasteiger partial charge is 0.488 e. The highest BCUT2D eigenvalue weighted by molar-refractivity contribution is 8.01. The summed E-state index contributed by atoms with van der Waals surface area (Å²) in [7, 11) is 1.91. The smallest absolute Gasteiger partial charge is 0.270 e. The van der Waals surface area contributed by atoms with Gasteiger partial charge in [-0.05, 0) is 24.3 Å². The Morgan fingerprint density at radius 2 is 2.26 bits per heavy atom. The number of rotatable bonds is 3. The van der Waals surface area contributed by atoms with Crippen LogP contribution in [0.1, 0.15) is 16.9 Å². The second kappa shape index (κ2) is 5.60. The Labute approximate surface area is 139 Å². The van der Waals surface area contributed by atoms with Crippen LogP contribution in [-0.2, 0) is 7.05 Å². The van der Waals surface area contributed by atoms with Gasteiger partial charge in [0.25, 0.3) is 5.91 Å². The van der Waals surface area contributed by atoms with Crippen molar-refractivity contribution in [3.05, 3.63) is 48.5 Å². The highest BCUT2D eigenvalue weighted by atomic mass is 32.2. The van der Waals surface area contributed by atoms with Crippen LogP contribution in [0, 0.1) is 0 Å². The molecule has 0 N–H and O–H groups in total. The Balaban J connectivity index is 1.35. The third-order valence-electron chi connectivity index (χ3n) is 4.52. The summed E-state index contributed by atoms with van der Waals surface area (Å²) in [6, 6.07) is 7.61. The van der Waals surface area contributed by atoms with E-state index < -0.39 is 0 Å². The SMILES string of the molecule is Cn1cccc1C(=O)N1CC2(C[C@@H](Oc3cccnc3)CS2)C1. The van der Waals surface area contributed by atoms with E-state index in [1.165, 1.54) is 0 Å². The molecule has 6 heteroatoms. The summed E-state index contributed by atoms with van der Waals surface area (Å²) >= 11 is 1.94. The van der Waals surface area contributed by atoms with Gasteiger partial charge in [0.15, 0.2) is 0 Å². The molecule has 2 aromatic rings. The van der Waals surface area contributed by atoms with Crippen molar-refractivity contribution in [3.8, 4) is 5.75 Å². The average molecular weight is 329 g/mol. The first kappa shape index (κ1) is 14.6. The summed E-state index contributed by atoms with van der Waals surface area (Å²) < 4.78 is 8.06. The minimum absolute atomic E-state index is 0.125. The maximum absolute atomic E-state index is 12.5. The Morgan fingerprint density at radius 3 is 2.96 bits per heavy atom. The number of carbonyl (C=O) groups excluding carboxylic acids is 1. The molecule has 2 saturated heterocycles. The molecule has 4 rings (SSSR count). The third-order valence-corrected chi connectivity index (χ3v) is 6.10. The van der Waals surface area contributed by atoms with Crippen molar-refractivity contribution in [1.29, 1.82) is 0 Å². The first-order valence-electron chi connectivity index (χ1n) is 7.76. The first-order chi connectivity index (χ1) is 11.2. The van der Waals surface area contributed by atoms with Gasteiger partial charge in [0.1, 0.15) is 17.5 Å². The molecule has 5 nitrogen and oxygen atoms in total. The lowest BCUT2D eigenvalue weighted by Crippen LogP contribution is -2.61. The summed E-state index contributed by atoms with van der Waals surface area (Å²) in [6.07, 6.45) is 6.60. The minimum Gasteiger partial charge on any atom is -0.488 e. The molecule has 1 amide bonds. The van der Waals surface area contributed by atoms with Crippen molar-refractivity contribution in [2.75, 3.05) is 18.8 Å². The predicted octanol–water partition coefficient (Wildman–Crippen LogP) is 2.20. The van der Waals surface area contributed by atoms with Crippen LogP contribution >= 0.6 is 11.8 Å². The van der Waals surface area contributed by atoms with Crippen LogP contribution in [0.4, 0.5) is 0 Å². The lowest BCUT2D eigenvalue weighted by Gasteiger charge is -2.47. The van der Waals surface area contributed by atoms with Crippen molar-refractivity contribution < 1.29 is 9.53 Å². The predicted molar refractivity (Wildman–Crippen MR) is 89.8 cm³/mol. The van der Waals surface area contributed by atoms with Gasteiger partial charge >= 0.3 is 0 Å². The molecule has 2 aliphatic heterocycles. The monoisotopic (exact) mass is 329 g/mol. The van der Waals surface area contributed by atoms with Crippen molar-refractivity contribution in [2.24, 2.45) is 7.05 Å². The number of nitrogens with zero attached hydrogens (tertiary/aromatic N) is 3. The van der Waals surface area contributed by atoms with Gasteiger partial charge in [-0.2, -0.15) is 0 Å². The topological polar surface area (TPSA) is 47.4 Å². The fraction of sp³-hybridized carbons (Fsp3) is 0.412. The normalized spacial score (nSPS) is 22.1. The fourth-order valence-electron chi connectivity index (χ4n) is 3.35. The molecule has 0 aliphatic carbocycles. The van der Waals surface area contributed by atoms with E-state index in [2.05, 4.69) is 4.98 Å². The van der Waals surface area contributed by atoms with Crippen LogP contribution in [0.25, 0.3) is 0 Å². The molecule has 0 saturated carbocycles. The van der Waals surface area contributed by atoms with Crippen molar-refractivity contribution in [1.82, 2.24) is 14.5 Å². The molecule has 120 valence electrons. The van der Waals surface area contributed by atoms with Gasteiger partial charge in [0.2, 0.25) is 0 Å². The molecule has 0 bridgehead atoms. The molecule has 4 heterocycles. The van der Waals surface area contributed by atoms with Crippen LogP contribution in [0.3, 0.4) is 0 Å². The van der Waals surface area contributed by atoms with Gasteiger partial charge in [0, 0.05) is 44.7 Å². The van der Waals surface area contributed by atoms with Crippen molar-refractivity contribution in [3.63, 3.8) is 0 Å². The maximum atomic E-state index is 12.5. The quantitative estimate of drug-likeness (QED) is 0.866. The van der Waals surface area contributed by atoms with Gasteiger partial charge in [-0.1, -0.05) is 0 Å². The summed E-state index contributed by atoms with van der Waals surface area (Å²) in [5, 5.41) is 0. The van der Waals surface area contributed by atoms with E-state index in [1.807, 2.05) is 58.7 Å². The average Bonchev–Trinajstić information content (AvgIpc) is 3.13. The van der Waals surface area contributed by atoms with Crippen LogP contribution in [0.15, 0.2) is 42.9 Å². The number of aromatic nitrogens is 2. The molecule has 2 aliphatic rings. The third kappa shape index (κ3) is 2.72. The number of aryl methyl sites for hydroxylation is 1. The number of amides is 1. The Morgan fingerprint density at radius 1 is 1.39 bits per heavy atom. The highest BCUT2D eigenvalue weighted by Crippen LogP contribution is 2.46. The second-order valence-electron chi connectivity index (χ2n) is 6.29. The highest BCUT2D eigenvalue weighted by Gasteiger charge is 2.51. The van der Waals surface area contributed by atoms with E-state index in [4.69, 9.17) is 4.74 Å². The second-order valence-corrected chi connectivity index (χ2v) is 7.78. The Bertz CT molecular complexity index is 710. The van der Waals surface area contributed by atoms with E-state index >= 15 is 0 Å². The standard InChI is InChI=1S/C17H19N3O2S/c1-19-7-3-5-15(19)16(21)20-11-17(12-20)8-14(10-23-17)22-13-4-2-6-18-9-13/h2-7,9,14H,8,10-12H2,1H3/t14-/m1/s1. The molecule has 23 heavy (non-hydrogen) atoms. The number of carbonyl (C=O) groups is 1. The molecular formula is C17H19N3O2S. The molecule has 0 unspecified atom stereocenters. The Kier molecular flexibility index (Phi) is 3.56. The molecule has 0 aromatic carbocycles. The van der Waals surface area contributed by atoms with Crippen LogP contribution in [0.2, 0.25) is 0 Å². The molecule has 0 radical (unpaired) electrons. The zero-order valence-electron chi connectivity index (χ0n) is 13.0. The van der Waals surface area contributed by atoms with Crippen LogP contribution < -0.4 is 4.74 Å². The fourth-order valence-corrected chi connectivity index (χ4v) is 4.87. The van der Waals surface area contributed by atoms with Gasteiger partial charge in [-0.3, -0.25) is 9.78 Å². The zero-order valence-corrected chi connectivity index (χ0v) is 13.8. The number of pyridine rings is 1. The van der Waals surface area contributed by atoms with E-state index in [9.17, 15) is 4.79 Å². The van der Waals surface area contributed by atoms with Crippen molar-refractivity contribution in [2.45, 2.75) is 17.3 Å². The summed E-state index contributed by atoms with van der Waals surface area (Å²) in [5.41, 5.74) is 0.756. The van der Waals surface area contributed by atoms with Crippen molar-refractivity contribution >= 4 is 17.7 Å². The molecule has 2 fully saturated rings. The first-order valence-corrected chi connectivity index (χ1v) is 8.75. The van der Waals surface area contributed by atoms with E-state index in [1.54, 1.807) is 12.4 Å². The number of thioether (sulfide) groups is 1. The van der Waals surface area contributed by atoms with Gasteiger partial charge in [-0.25, -0.2) is 0 Å². The zero-order chi connectivity index (χ0) is 15.9. The summed E-state index contributed by atoms with van der Waals surface area (Å²) in [4.78, 5) is 18.5. The lowest BCUT2D eigenvalue weighted by atomic mass is 9.92. The van der Waals surface area contributed by atoms with Gasteiger partial charge in [-0.15, -0.1) is 11.8 Å². The maximum Gasteiger partial charge on any atom is 0.270 e. The van der Waals surface area contributed by atoms with E-state index in [0.717, 1.165) is 36.7 Å². The van der Waals surface area contributed by atoms with Crippen LogP contribution in [-0.4, -0.2) is 50.1 Å². The van der Waals surface area contributed by atoms with E-state index in [-0.39, 0.29) is 16.8 Å². The Hall–Kier alpha value is -1.95. The molecule has 1 atom stereocenters. The molecule has 1 spiro atoms. The van der Waals surface area contributed by atoms with Gasteiger partial charge < -0.3 is 14.2 Å². The number of likely N-dealkylation sites (tertiary alicyclic amines) is 1. The number of ether oxygens (including phenoxy) is 1. The number of hydrogen-bond acceptors (Lipinski definition) is 4.